The maximum absolute atomic E-state index is 12.4. The number of carbonyl (C=O) groups is 1. The Morgan fingerprint density at radius 2 is 1.62 bits per heavy atom. The molecule has 1 amide bonds. The number of thioether (sulfide) groups is 1. The van der Waals surface area contributed by atoms with Gasteiger partial charge in [-0.15, -0.1) is 0 Å². The van der Waals surface area contributed by atoms with E-state index in [0.717, 1.165) is 11.1 Å². The van der Waals surface area contributed by atoms with Crippen LogP contribution in [0.5, 0.6) is 0 Å². The topological polar surface area (TPSA) is 75.3 Å². The zero-order chi connectivity index (χ0) is 17.7. The number of benzene rings is 2. The Labute approximate surface area is 146 Å². The first kappa shape index (κ1) is 18.4. The summed E-state index contributed by atoms with van der Waals surface area (Å²) in [5, 5.41) is 2.71. The summed E-state index contributed by atoms with van der Waals surface area (Å²) in [5.41, 5.74) is 3.21. The minimum absolute atomic E-state index is 0.119. The molecule has 0 bridgehead atoms. The van der Waals surface area contributed by atoms with E-state index in [1.54, 1.807) is 24.3 Å². The van der Waals surface area contributed by atoms with Crippen LogP contribution in [0.4, 0.5) is 11.4 Å². The van der Waals surface area contributed by atoms with E-state index >= 15 is 0 Å². The molecular formula is C17H20N2O3S2. The molecule has 0 unspecified atom stereocenters. The summed E-state index contributed by atoms with van der Waals surface area (Å²) in [6.45, 7) is 3.90. The fourth-order valence-corrected chi connectivity index (χ4v) is 3.45. The van der Waals surface area contributed by atoms with Gasteiger partial charge in [0, 0.05) is 11.4 Å². The lowest BCUT2D eigenvalue weighted by Gasteiger charge is -2.11. The Morgan fingerprint density at radius 3 is 2.21 bits per heavy atom. The molecule has 0 aliphatic heterocycles. The molecule has 2 N–H and O–H groups in total. The van der Waals surface area contributed by atoms with Gasteiger partial charge in [-0.05, 0) is 67.6 Å². The van der Waals surface area contributed by atoms with Crippen LogP contribution >= 0.6 is 11.8 Å². The van der Waals surface area contributed by atoms with E-state index in [1.807, 2.05) is 26.2 Å². The minimum atomic E-state index is -3.67. The fourth-order valence-electron chi connectivity index (χ4n) is 2.06. The molecule has 2 rings (SSSR count). The second-order valence-electron chi connectivity index (χ2n) is 5.41. The molecule has 0 atom stereocenters. The Morgan fingerprint density at radius 1 is 1.00 bits per heavy atom. The lowest BCUT2D eigenvalue weighted by Crippen LogP contribution is -2.15. The van der Waals surface area contributed by atoms with Crippen molar-refractivity contribution in [1.29, 1.82) is 0 Å². The summed E-state index contributed by atoms with van der Waals surface area (Å²) >= 11 is 1.42. The standard InChI is InChI=1S/C17H20N2O3S2/c1-12-4-5-15(10-13(12)2)19-24(21,22)16-8-6-14(7-9-16)18-17(20)11-23-3/h4-10,19H,11H2,1-3H3,(H,18,20). The Balaban J connectivity index is 2.14. The molecule has 0 spiro atoms. The number of aryl methyl sites for hydroxylation is 2. The Kier molecular flexibility index (Phi) is 5.90. The van der Waals surface area contributed by atoms with Crippen LogP contribution in [-0.2, 0) is 14.8 Å². The quantitative estimate of drug-likeness (QED) is 0.824. The second kappa shape index (κ2) is 7.72. The summed E-state index contributed by atoms with van der Waals surface area (Å²) in [7, 11) is -3.67. The van der Waals surface area contributed by atoms with Crippen LogP contribution in [0.3, 0.4) is 0 Å². The molecule has 5 nitrogen and oxygen atoms in total. The molecule has 0 aliphatic carbocycles. The van der Waals surface area contributed by atoms with Crippen LogP contribution in [0.2, 0.25) is 0 Å². The number of hydrogen-bond donors (Lipinski definition) is 2. The van der Waals surface area contributed by atoms with Crippen LogP contribution < -0.4 is 10.0 Å². The van der Waals surface area contributed by atoms with Gasteiger partial charge in [-0.2, -0.15) is 11.8 Å². The molecule has 0 saturated heterocycles. The predicted octanol–water partition coefficient (Wildman–Crippen LogP) is 3.41. The predicted molar refractivity (Wildman–Crippen MR) is 100 cm³/mol. The lowest BCUT2D eigenvalue weighted by molar-refractivity contribution is -0.113. The SMILES string of the molecule is CSCC(=O)Nc1ccc(S(=O)(=O)Nc2ccc(C)c(C)c2)cc1. The zero-order valence-electron chi connectivity index (χ0n) is 13.8. The fraction of sp³-hybridized carbons (Fsp3) is 0.235. The van der Waals surface area contributed by atoms with E-state index in [0.29, 0.717) is 17.1 Å². The molecule has 0 fully saturated rings. The molecule has 128 valence electrons. The van der Waals surface area contributed by atoms with E-state index in [9.17, 15) is 13.2 Å². The van der Waals surface area contributed by atoms with Gasteiger partial charge in [-0.25, -0.2) is 8.42 Å². The average molecular weight is 364 g/mol. The summed E-state index contributed by atoms with van der Waals surface area (Å²) in [5.74, 6) is 0.236. The largest absolute Gasteiger partial charge is 0.325 e. The highest BCUT2D eigenvalue weighted by Gasteiger charge is 2.14. The first-order chi connectivity index (χ1) is 11.3. The van der Waals surface area contributed by atoms with Crippen molar-refractivity contribution in [2.24, 2.45) is 0 Å². The highest BCUT2D eigenvalue weighted by atomic mass is 32.2. The maximum atomic E-state index is 12.4. The van der Waals surface area contributed by atoms with Crippen LogP contribution in [0.1, 0.15) is 11.1 Å². The number of nitrogens with one attached hydrogen (secondary N) is 2. The summed E-state index contributed by atoms with van der Waals surface area (Å²) in [6.07, 6.45) is 1.84. The second-order valence-corrected chi connectivity index (χ2v) is 7.96. The van der Waals surface area contributed by atoms with Crippen molar-refractivity contribution >= 4 is 39.1 Å². The molecule has 2 aromatic rings. The van der Waals surface area contributed by atoms with Crippen LogP contribution in [-0.4, -0.2) is 26.3 Å². The smallest absolute Gasteiger partial charge is 0.261 e. The number of rotatable bonds is 6. The Hall–Kier alpha value is -1.99. The molecule has 0 radical (unpaired) electrons. The van der Waals surface area contributed by atoms with E-state index in [2.05, 4.69) is 10.0 Å². The van der Waals surface area contributed by atoms with Gasteiger partial charge in [0.25, 0.3) is 10.0 Å². The van der Waals surface area contributed by atoms with Crippen molar-refractivity contribution in [2.45, 2.75) is 18.7 Å². The third-order valence-corrected chi connectivity index (χ3v) is 5.43. The first-order valence-electron chi connectivity index (χ1n) is 7.31. The molecule has 0 heterocycles. The number of carbonyl (C=O) groups excluding carboxylic acids is 1. The number of anilines is 2. The monoisotopic (exact) mass is 364 g/mol. The van der Waals surface area contributed by atoms with E-state index in [1.165, 1.54) is 23.9 Å². The molecule has 0 aromatic heterocycles. The summed E-state index contributed by atoms with van der Waals surface area (Å²) in [6, 6.07) is 11.5. The minimum Gasteiger partial charge on any atom is -0.325 e. The highest BCUT2D eigenvalue weighted by Crippen LogP contribution is 2.20. The van der Waals surface area contributed by atoms with Gasteiger partial charge in [0.15, 0.2) is 0 Å². The third-order valence-electron chi connectivity index (χ3n) is 3.48. The van der Waals surface area contributed by atoms with Crippen molar-refractivity contribution in [3.63, 3.8) is 0 Å². The first-order valence-corrected chi connectivity index (χ1v) is 10.2. The van der Waals surface area contributed by atoms with Gasteiger partial charge in [-0.3, -0.25) is 9.52 Å². The molecule has 2 aromatic carbocycles. The van der Waals surface area contributed by atoms with Crippen molar-refractivity contribution in [3.8, 4) is 0 Å². The van der Waals surface area contributed by atoms with Crippen LogP contribution in [0, 0.1) is 13.8 Å². The van der Waals surface area contributed by atoms with Gasteiger partial charge in [0.05, 0.1) is 10.6 Å². The van der Waals surface area contributed by atoms with Gasteiger partial charge in [-0.1, -0.05) is 6.07 Å². The molecule has 24 heavy (non-hydrogen) atoms. The van der Waals surface area contributed by atoms with Crippen molar-refractivity contribution in [3.05, 3.63) is 53.6 Å². The normalized spacial score (nSPS) is 11.1. The Bertz CT molecular complexity index is 831. The molecule has 0 saturated carbocycles. The van der Waals surface area contributed by atoms with Gasteiger partial charge in [0.2, 0.25) is 5.91 Å². The van der Waals surface area contributed by atoms with Gasteiger partial charge < -0.3 is 5.32 Å². The molecule has 0 aliphatic rings. The summed E-state index contributed by atoms with van der Waals surface area (Å²) in [4.78, 5) is 11.7. The van der Waals surface area contributed by atoms with Crippen molar-refractivity contribution in [2.75, 3.05) is 22.0 Å². The van der Waals surface area contributed by atoms with Crippen molar-refractivity contribution in [1.82, 2.24) is 0 Å². The zero-order valence-corrected chi connectivity index (χ0v) is 15.4. The summed E-state index contributed by atoms with van der Waals surface area (Å²) < 4.78 is 27.4. The number of amides is 1. The lowest BCUT2D eigenvalue weighted by atomic mass is 10.1. The maximum Gasteiger partial charge on any atom is 0.261 e. The van der Waals surface area contributed by atoms with E-state index in [-0.39, 0.29) is 10.8 Å². The molecule has 7 heteroatoms. The highest BCUT2D eigenvalue weighted by molar-refractivity contribution is 7.99. The van der Waals surface area contributed by atoms with Crippen LogP contribution in [0.15, 0.2) is 47.4 Å². The number of sulfonamides is 1. The average Bonchev–Trinajstić information content (AvgIpc) is 2.51. The van der Waals surface area contributed by atoms with Gasteiger partial charge >= 0.3 is 0 Å². The molecular weight excluding hydrogens is 344 g/mol. The van der Waals surface area contributed by atoms with E-state index in [4.69, 9.17) is 0 Å². The number of hydrogen-bond acceptors (Lipinski definition) is 4. The van der Waals surface area contributed by atoms with Crippen LogP contribution in [0.25, 0.3) is 0 Å². The van der Waals surface area contributed by atoms with Gasteiger partial charge in [0.1, 0.15) is 0 Å². The third kappa shape index (κ3) is 4.75. The van der Waals surface area contributed by atoms with Crippen molar-refractivity contribution < 1.29 is 13.2 Å². The van der Waals surface area contributed by atoms with E-state index < -0.39 is 10.0 Å².